The maximum absolute atomic E-state index is 13.8. The highest BCUT2D eigenvalue weighted by Gasteiger charge is 2.22. The fourth-order valence-corrected chi connectivity index (χ4v) is 3.89. The van der Waals surface area contributed by atoms with Crippen LogP contribution in [0.4, 0.5) is 14.2 Å². The van der Waals surface area contributed by atoms with Gasteiger partial charge in [-0.3, -0.25) is 10.1 Å². The van der Waals surface area contributed by atoms with E-state index in [1.54, 1.807) is 6.92 Å². The van der Waals surface area contributed by atoms with Crippen LogP contribution in [0.25, 0.3) is 0 Å². The van der Waals surface area contributed by atoms with Crippen LogP contribution in [-0.4, -0.2) is 48.4 Å². The first kappa shape index (κ1) is 25.8. The first-order valence-electron chi connectivity index (χ1n) is 10.3. The number of amides is 3. The smallest absolute Gasteiger partial charge is 0.319 e. The van der Waals surface area contributed by atoms with Gasteiger partial charge in [0.25, 0.3) is 5.91 Å². The Morgan fingerprint density at radius 2 is 1.97 bits per heavy atom. The van der Waals surface area contributed by atoms with E-state index in [2.05, 4.69) is 19.9 Å². The molecule has 0 unspecified atom stereocenters. The molecule has 3 amide bonds. The van der Waals surface area contributed by atoms with Crippen molar-refractivity contribution in [2.24, 2.45) is 5.73 Å². The summed E-state index contributed by atoms with van der Waals surface area (Å²) in [5, 5.41) is 5.85. The van der Waals surface area contributed by atoms with Crippen molar-refractivity contribution in [2.45, 2.75) is 39.2 Å². The van der Waals surface area contributed by atoms with Crippen LogP contribution in [0.5, 0.6) is 5.88 Å². The Morgan fingerprint density at radius 3 is 2.66 bits per heavy atom. The summed E-state index contributed by atoms with van der Waals surface area (Å²) >= 11 is 6.99. The average Bonchev–Trinajstić information content (AvgIpc) is 3.11. The summed E-state index contributed by atoms with van der Waals surface area (Å²) in [5.41, 5.74) is 6.22. The van der Waals surface area contributed by atoms with Gasteiger partial charge in [-0.15, -0.1) is 0 Å². The molecular weight excluding hydrogens is 457 g/mol. The lowest BCUT2D eigenvalue weighted by molar-refractivity contribution is 0.0996. The van der Waals surface area contributed by atoms with Gasteiger partial charge in [-0.2, -0.15) is 4.37 Å². The van der Waals surface area contributed by atoms with Crippen LogP contribution in [0.1, 0.15) is 47.2 Å². The second-order valence-corrected chi connectivity index (χ2v) is 8.82. The van der Waals surface area contributed by atoms with E-state index in [4.69, 9.17) is 22.1 Å². The second-order valence-electron chi connectivity index (χ2n) is 7.64. The summed E-state index contributed by atoms with van der Waals surface area (Å²) in [6, 6.07) is 2.30. The quantitative estimate of drug-likeness (QED) is 0.391. The minimum Gasteiger partial charge on any atom is -0.472 e. The van der Waals surface area contributed by atoms with Gasteiger partial charge in [-0.05, 0) is 69.6 Å². The Kier molecular flexibility index (Phi) is 10.1. The van der Waals surface area contributed by atoms with Gasteiger partial charge in [-0.25, -0.2) is 9.18 Å². The number of hydrogen-bond donors (Lipinski definition) is 3. The Labute approximate surface area is 196 Å². The molecule has 0 aliphatic rings. The van der Waals surface area contributed by atoms with E-state index >= 15 is 0 Å². The number of nitrogens with zero attached hydrogens (tertiary/aromatic N) is 2. The maximum Gasteiger partial charge on any atom is 0.319 e. The average molecular weight is 486 g/mol. The minimum atomic E-state index is -0.800. The second kappa shape index (κ2) is 12.6. The number of hydrogen-bond acceptors (Lipinski definition) is 6. The third kappa shape index (κ3) is 7.92. The normalized spacial score (nSPS) is 10.9. The summed E-state index contributed by atoms with van der Waals surface area (Å²) in [7, 11) is 4.08. The molecule has 0 spiro atoms. The molecule has 0 fully saturated rings. The van der Waals surface area contributed by atoms with E-state index in [0.717, 1.165) is 43.8 Å². The van der Waals surface area contributed by atoms with Crippen molar-refractivity contribution in [1.82, 2.24) is 14.6 Å². The Balaban J connectivity index is 1.89. The van der Waals surface area contributed by atoms with Gasteiger partial charge >= 0.3 is 6.03 Å². The molecule has 0 atom stereocenters. The molecule has 4 N–H and O–H groups in total. The predicted octanol–water partition coefficient (Wildman–Crippen LogP) is 4.17. The molecule has 2 rings (SSSR count). The number of primary amides is 1. The highest BCUT2D eigenvalue weighted by atomic mass is 35.5. The van der Waals surface area contributed by atoms with Crippen LogP contribution in [0.2, 0.25) is 5.02 Å². The van der Waals surface area contributed by atoms with Crippen molar-refractivity contribution < 1.29 is 18.7 Å². The number of ether oxygens (including phenoxy) is 1. The van der Waals surface area contributed by atoms with Crippen molar-refractivity contribution in [3.8, 4) is 5.88 Å². The number of benzene rings is 1. The molecule has 1 aromatic heterocycles. The molecule has 0 aliphatic carbocycles. The number of carbonyl (C=O) groups excluding carboxylic acids is 2. The summed E-state index contributed by atoms with van der Waals surface area (Å²) in [6.45, 7) is 3.05. The molecule has 0 aliphatic heterocycles. The van der Waals surface area contributed by atoms with Gasteiger partial charge in [0.15, 0.2) is 0 Å². The van der Waals surface area contributed by atoms with E-state index in [9.17, 15) is 14.0 Å². The van der Waals surface area contributed by atoms with E-state index in [-0.39, 0.29) is 23.1 Å². The van der Waals surface area contributed by atoms with Crippen molar-refractivity contribution in [1.29, 1.82) is 0 Å². The number of aromatic nitrogens is 1. The van der Waals surface area contributed by atoms with Gasteiger partial charge in [0, 0.05) is 17.1 Å². The van der Waals surface area contributed by atoms with Crippen molar-refractivity contribution in [2.75, 3.05) is 32.5 Å². The monoisotopic (exact) mass is 485 g/mol. The summed E-state index contributed by atoms with van der Waals surface area (Å²) in [5.74, 6) is -1.26. The zero-order valence-electron chi connectivity index (χ0n) is 18.5. The van der Waals surface area contributed by atoms with E-state index in [0.29, 0.717) is 22.7 Å². The zero-order valence-corrected chi connectivity index (χ0v) is 20.0. The Morgan fingerprint density at radius 1 is 1.25 bits per heavy atom. The molecule has 0 bridgehead atoms. The Bertz CT molecular complexity index is 938. The molecule has 32 heavy (non-hydrogen) atoms. The standard InChI is InChI=1S/C21H29ClFN5O3S/c1-13-10-15(22)14(11-16(13)23)12-31-19-17(18(24)29)20(32-27-19)26-21(30)25-8-6-4-5-7-9-28(2)3/h10-11H,4-9,12H2,1-3H3,(H2,24,29)(H2,25,26,30). The third-order valence-corrected chi connectivity index (χ3v) is 5.74. The number of halogens is 2. The van der Waals surface area contributed by atoms with Crippen LogP contribution < -0.4 is 21.1 Å². The molecule has 0 saturated heterocycles. The molecule has 11 heteroatoms. The SMILES string of the molecule is Cc1cc(Cl)c(COc2nsc(NC(=O)NCCCCCCN(C)C)c2C(N)=O)cc1F. The highest BCUT2D eigenvalue weighted by molar-refractivity contribution is 7.11. The van der Waals surface area contributed by atoms with Gasteiger partial charge in [0.1, 0.15) is 23.0 Å². The maximum atomic E-state index is 13.8. The van der Waals surface area contributed by atoms with Gasteiger partial charge in [0.05, 0.1) is 0 Å². The van der Waals surface area contributed by atoms with Crippen molar-refractivity contribution in [3.05, 3.63) is 39.7 Å². The van der Waals surface area contributed by atoms with Gasteiger partial charge < -0.3 is 20.7 Å². The lowest BCUT2D eigenvalue weighted by Gasteiger charge is -2.10. The minimum absolute atomic E-state index is 0.0439. The van der Waals surface area contributed by atoms with Crippen molar-refractivity contribution in [3.63, 3.8) is 0 Å². The van der Waals surface area contributed by atoms with E-state index in [1.165, 1.54) is 12.1 Å². The van der Waals surface area contributed by atoms with E-state index in [1.807, 2.05) is 14.1 Å². The van der Waals surface area contributed by atoms with Crippen LogP contribution >= 0.6 is 23.1 Å². The lowest BCUT2D eigenvalue weighted by Crippen LogP contribution is -2.30. The number of aryl methyl sites for hydroxylation is 1. The largest absolute Gasteiger partial charge is 0.472 e. The van der Waals surface area contributed by atoms with Crippen LogP contribution in [-0.2, 0) is 6.61 Å². The third-order valence-electron chi connectivity index (χ3n) is 4.64. The number of anilines is 1. The zero-order chi connectivity index (χ0) is 23.7. The number of rotatable bonds is 12. The van der Waals surface area contributed by atoms with Gasteiger partial charge in [0.2, 0.25) is 5.88 Å². The van der Waals surface area contributed by atoms with Crippen molar-refractivity contribution >= 4 is 40.1 Å². The molecule has 176 valence electrons. The molecule has 0 saturated carbocycles. The number of nitrogens with two attached hydrogens (primary N) is 1. The first-order valence-corrected chi connectivity index (χ1v) is 11.4. The number of nitrogens with one attached hydrogen (secondary N) is 2. The van der Waals surface area contributed by atoms with Crippen LogP contribution in [0.15, 0.2) is 12.1 Å². The molecule has 1 aromatic carbocycles. The van der Waals surface area contributed by atoms with E-state index < -0.39 is 17.8 Å². The van der Waals surface area contributed by atoms with Gasteiger partial charge in [-0.1, -0.05) is 24.4 Å². The fraction of sp³-hybridized carbons (Fsp3) is 0.476. The van der Waals surface area contributed by atoms with Crippen LogP contribution in [0, 0.1) is 12.7 Å². The topological polar surface area (TPSA) is 110 Å². The van der Waals surface area contributed by atoms with Crippen LogP contribution in [0.3, 0.4) is 0 Å². The molecule has 8 nitrogen and oxygen atoms in total. The first-order chi connectivity index (χ1) is 15.2. The lowest BCUT2D eigenvalue weighted by atomic mass is 10.1. The summed E-state index contributed by atoms with van der Waals surface area (Å²) < 4.78 is 23.4. The Hall–Kier alpha value is -2.43. The molecule has 2 aromatic rings. The number of carbonyl (C=O) groups is 2. The molecular formula is C21H29ClFN5O3S. The fourth-order valence-electron chi connectivity index (χ4n) is 2.88. The highest BCUT2D eigenvalue weighted by Crippen LogP contribution is 2.31. The summed E-state index contributed by atoms with van der Waals surface area (Å²) in [6.07, 6.45) is 4.08. The number of urea groups is 1. The molecule has 0 radical (unpaired) electrons. The number of unbranched alkanes of at least 4 members (excludes halogenated alkanes) is 3. The predicted molar refractivity (Wildman–Crippen MR) is 125 cm³/mol. The molecule has 1 heterocycles. The summed E-state index contributed by atoms with van der Waals surface area (Å²) in [4.78, 5) is 26.2.